The summed E-state index contributed by atoms with van der Waals surface area (Å²) in [5, 5.41) is 13.2. The standard InChI is InChI=1S/C20H24N2O5S2/c1-12(2)18(20(24)25)21-19(23)17-10-15(28)11-22(17)29(26,27)16-8-7-13-5-3-4-6-14(13)9-16/h3-9,12,15,17-18,28H,10-11H2,1-2H3,(H,21,23)(H,24,25)/t15-,17-,18?/m0/s1. The average Bonchev–Trinajstić information content (AvgIpc) is 3.07. The number of thiol groups is 1. The fourth-order valence-corrected chi connectivity index (χ4v) is 5.68. The largest absolute Gasteiger partial charge is 0.480 e. The van der Waals surface area contributed by atoms with Gasteiger partial charge in [0, 0.05) is 11.8 Å². The Balaban J connectivity index is 1.91. The highest BCUT2D eigenvalue weighted by atomic mass is 32.2. The monoisotopic (exact) mass is 436 g/mol. The topological polar surface area (TPSA) is 104 Å². The van der Waals surface area contributed by atoms with Gasteiger partial charge in [-0.2, -0.15) is 16.9 Å². The van der Waals surface area contributed by atoms with Gasteiger partial charge in [0.1, 0.15) is 12.1 Å². The molecule has 2 N–H and O–H groups in total. The first-order valence-electron chi connectivity index (χ1n) is 9.33. The Kier molecular flexibility index (Phi) is 6.21. The third-order valence-electron chi connectivity index (χ3n) is 5.09. The Bertz CT molecular complexity index is 1040. The number of carbonyl (C=O) groups excluding carboxylic acids is 1. The predicted octanol–water partition coefficient (Wildman–Crippen LogP) is 2.13. The molecule has 0 saturated carbocycles. The van der Waals surface area contributed by atoms with E-state index in [1.807, 2.05) is 24.3 Å². The van der Waals surface area contributed by atoms with Crippen LogP contribution < -0.4 is 5.32 Å². The molecule has 0 aliphatic carbocycles. The number of benzene rings is 2. The van der Waals surface area contributed by atoms with Crippen LogP contribution in [0.3, 0.4) is 0 Å². The summed E-state index contributed by atoms with van der Waals surface area (Å²) in [7, 11) is -3.96. The molecule has 0 spiro atoms. The summed E-state index contributed by atoms with van der Waals surface area (Å²) in [5.41, 5.74) is 0. The lowest BCUT2D eigenvalue weighted by molar-refractivity contribution is -0.143. The van der Waals surface area contributed by atoms with Crippen LogP contribution in [0.5, 0.6) is 0 Å². The van der Waals surface area contributed by atoms with Crippen molar-refractivity contribution in [3.63, 3.8) is 0 Å². The van der Waals surface area contributed by atoms with Gasteiger partial charge in [-0.05, 0) is 35.2 Å². The Morgan fingerprint density at radius 2 is 1.83 bits per heavy atom. The van der Waals surface area contributed by atoms with E-state index < -0.39 is 34.0 Å². The van der Waals surface area contributed by atoms with E-state index in [-0.39, 0.29) is 29.0 Å². The molecule has 156 valence electrons. The number of carboxylic acid groups (broad SMARTS) is 1. The zero-order valence-electron chi connectivity index (χ0n) is 16.1. The first-order chi connectivity index (χ1) is 13.6. The number of sulfonamides is 1. The number of rotatable bonds is 6. The Morgan fingerprint density at radius 1 is 1.17 bits per heavy atom. The van der Waals surface area contributed by atoms with Gasteiger partial charge in [0.05, 0.1) is 4.90 Å². The van der Waals surface area contributed by atoms with Crippen LogP contribution in [0.15, 0.2) is 47.4 Å². The zero-order chi connectivity index (χ0) is 21.3. The van der Waals surface area contributed by atoms with Crippen molar-refractivity contribution >= 4 is 45.3 Å². The van der Waals surface area contributed by atoms with Crippen LogP contribution in [0.2, 0.25) is 0 Å². The molecule has 1 aliphatic rings. The number of nitrogens with one attached hydrogen (secondary N) is 1. The lowest BCUT2D eigenvalue weighted by atomic mass is 10.0. The maximum absolute atomic E-state index is 13.3. The molecule has 3 rings (SSSR count). The van der Waals surface area contributed by atoms with Gasteiger partial charge in [-0.1, -0.05) is 44.2 Å². The molecule has 2 aromatic rings. The van der Waals surface area contributed by atoms with Crippen LogP contribution in [-0.4, -0.2) is 53.6 Å². The highest BCUT2D eigenvalue weighted by molar-refractivity contribution is 7.89. The fourth-order valence-electron chi connectivity index (χ4n) is 3.51. The maximum Gasteiger partial charge on any atom is 0.326 e. The predicted molar refractivity (Wildman–Crippen MR) is 113 cm³/mol. The second-order valence-electron chi connectivity index (χ2n) is 7.56. The average molecular weight is 437 g/mol. The third kappa shape index (κ3) is 4.41. The van der Waals surface area contributed by atoms with Gasteiger partial charge in [0.2, 0.25) is 15.9 Å². The van der Waals surface area contributed by atoms with E-state index in [0.717, 1.165) is 15.1 Å². The van der Waals surface area contributed by atoms with Crippen molar-refractivity contribution < 1.29 is 23.1 Å². The van der Waals surface area contributed by atoms with Crippen LogP contribution in [-0.2, 0) is 19.6 Å². The summed E-state index contributed by atoms with van der Waals surface area (Å²) in [4.78, 5) is 24.3. The normalized spacial score (nSPS) is 21.4. The van der Waals surface area contributed by atoms with E-state index >= 15 is 0 Å². The molecule has 1 fully saturated rings. The molecular weight excluding hydrogens is 412 g/mol. The first-order valence-corrected chi connectivity index (χ1v) is 11.3. The van der Waals surface area contributed by atoms with Crippen LogP contribution >= 0.6 is 12.6 Å². The number of nitrogens with zero attached hydrogens (tertiary/aromatic N) is 1. The molecule has 3 atom stereocenters. The molecule has 9 heteroatoms. The maximum atomic E-state index is 13.3. The van der Waals surface area contributed by atoms with Gasteiger partial charge in [-0.3, -0.25) is 4.79 Å². The molecule has 29 heavy (non-hydrogen) atoms. The first kappa shape index (κ1) is 21.6. The molecule has 0 bridgehead atoms. The van der Waals surface area contributed by atoms with Gasteiger partial charge in [-0.25, -0.2) is 13.2 Å². The van der Waals surface area contributed by atoms with Crippen molar-refractivity contribution in [3.8, 4) is 0 Å². The number of aliphatic carboxylic acids is 1. The van der Waals surface area contributed by atoms with Crippen molar-refractivity contribution in [2.24, 2.45) is 5.92 Å². The van der Waals surface area contributed by atoms with Gasteiger partial charge in [0.15, 0.2) is 0 Å². The van der Waals surface area contributed by atoms with Crippen molar-refractivity contribution in [3.05, 3.63) is 42.5 Å². The Hall–Kier alpha value is -2.10. The number of fused-ring (bicyclic) bond motifs is 1. The summed E-state index contributed by atoms with van der Waals surface area (Å²) in [6.45, 7) is 3.44. The van der Waals surface area contributed by atoms with E-state index in [1.165, 1.54) is 6.07 Å². The molecule has 0 radical (unpaired) electrons. The molecule has 1 aliphatic heterocycles. The molecule has 1 saturated heterocycles. The lowest BCUT2D eigenvalue weighted by Gasteiger charge is -2.26. The fraction of sp³-hybridized carbons (Fsp3) is 0.400. The third-order valence-corrected chi connectivity index (χ3v) is 7.34. The number of carboxylic acids is 1. The molecular formula is C20H24N2O5S2. The molecule has 1 amide bonds. The number of hydrogen-bond acceptors (Lipinski definition) is 5. The quantitative estimate of drug-likeness (QED) is 0.602. The number of carbonyl (C=O) groups is 2. The van der Waals surface area contributed by atoms with E-state index in [0.29, 0.717) is 0 Å². The summed E-state index contributed by atoms with van der Waals surface area (Å²) < 4.78 is 27.7. The Labute approximate surface area is 175 Å². The van der Waals surface area contributed by atoms with Crippen LogP contribution in [0, 0.1) is 5.92 Å². The zero-order valence-corrected chi connectivity index (χ0v) is 17.9. The van der Waals surface area contributed by atoms with Gasteiger partial charge >= 0.3 is 5.97 Å². The second kappa shape index (κ2) is 8.33. The Morgan fingerprint density at radius 3 is 2.45 bits per heavy atom. The summed E-state index contributed by atoms with van der Waals surface area (Å²) >= 11 is 4.38. The van der Waals surface area contributed by atoms with E-state index in [9.17, 15) is 23.1 Å². The lowest BCUT2D eigenvalue weighted by Crippen LogP contribution is -2.52. The van der Waals surface area contributed by atoms with E-state index in [1.54, 1.807) is 26.0 Å². The number of amides is 1. The van der Waals surface area contributed by atoms with Crippen LogP contribution in [0.4, 0.5) is 0 Å². The van der Waals surface area contributed by atoms with Crippen molar-refractivity contribution in [1.29, 1.82) is 0 Å². The van der Waals surface area contributed by atoms with Gasteiger partial charge in [0.25, 0.3) is 0 Å². The summed E-state index contributed by atoms with van der Waals surface area (Å²) in [5.74, 6) is -2.11. The molecule has 7 nitrogen and oxygen atoms in total. The minimum Gasteiger partial charge on any atom is -0.480 e. The second-order valence-corrected chi connectivity index (χ2v) is 10.2. The molecule has 1 heterocycles. The highest BCUT2D eigenvalue weighted by Crippen LogP contribution is 2.30. The van der Waals surface area contributed by atoms with Crippen molar-refractivity contribution in [2.45, 2.75) is 42.5 Å². The summed E-state index contributed by atoms with van der Waals surface area (Å²) in [6, 6.07) is 10.1. The molecule has 2 aromatic carbocycles. The SMILES string of the molecule is CC(C)C(NC(=O)[C@@H]1C[C@H](S)CN1S(=O)(=O)c1ccc2ccccc2c1)C(=O)O. The van der Waals surface area contributed by atoms with Crippen molar-refractivity contribution in [2.75, 3.05) is 6.54 Å². The van der Waals surface area contributed by atoms with Gasteiger partial charge < -0.3 is 10.4 Å². The van der Waals surface area contributed by atoms with Crippen LogP contribution in [0.25, 0.3) is 10.8 Å². The van der Waals surface area contributed by atoms with E-state index in [2.05, 4.69) is 17.9 Å². The van der Waals surface area contributed by atoms with Gasteiger partial charge in [-0.15, -0.1) is 0 Å². The minimum absolute atomic E-state index is 0.0791. The molecule has 0 aromatic heterocycles. The minimum atomic E-state index is -3.96. The smallest absolute Gasteiger partial charge is 0.326 e. The highest BCUT2D eigenvalue weighted by Gasteiger charge is 2.44. The summed E-state index contributed by atoms with van der Waals surface area (Å²) in [6.07, 6.45) is 0.214. The van der Waals surface area contributed by atoms with Crippen molar-refractivity contribution in [1.82, 2.24) is 9.62 Å². The molecule has 1 unspecified atom stereocenters. The van der Waals surface area contributed by atoms with Crippen LogP contribution in [0.1, 0.15) is 20.3 Å². The van der Waals surface area contributed by atoms with E-state index in [4.69, 9.17) is 0 Å². The number of hydrogen-bond donors (Lipinski definition) is 3.